The number of hydrogen-bond donors (Lipinski definition) is 1. The zero-order chi connectivity index (χ0) is 14.2. The Hall–Kier alpha value is -0.120. The van der Waals surface area contributed by atoms with Crippen molar-refractivity contribution in [2.24, 2.45) is 11.7 Å². The van der Waals surface area contributed by atoms with Crippen LogP contribution in [0.3, 0.4) is 0 Å². The van der Waals surface area contributed by atoms with Crippen molar-refractivity contribution in [1.82, 2.24) is 4.90 Å². The molecule has 18 heavy (non-hydrogen) atoms. The normalized spacial score (nSPS) is 17.2. The van der Waals surface area contributed by atoms with Gasteiger partial charge in [-0.2, -0.15) is 0 Å². The standard InChI is InChI=1S/C15H34N2O/c1-7-14(4)17(10-11-18-6)15(5,12-16)9-8-13(2)3/h13-14H,7-12,16H2,1-6H3. The van der Waals surface area contributed by atoms with E-state index < -0.39 is 0 Å². The molecule has 0 aliphatic carbocycles. The van der Waals surface area contributed by atoms with Crippen LogP contribution in [-0.4, -0.2) is 43.3 Å². The smallest absolute Gasteiger partial charge is 0.0590 e. The van der Waals surface area contributed by atoms with E-state index in [0.717, 1.165) is 31.9 Å². The Labute approximate surface area is 114 Å². The Morgan fingerprint density at radius 1 is 1.28 bits per heavy atom. The fraction of sp³-hybridized carbons (Fsp3) is 1.00. The lowest BCUT2D eigenvalue weighted by atomic mass is 9.88. The molecule has 0 aromatic carbocycles. The summed E-state index contributed by atoms with van der Waals surface area (Å²) in [6.07, 6.45) is 3.55. The fourth-order valence-corrected chi connectivity index (χ4v) is 2.39. The summed E-state index contributed by atoms with van der Waals surface area (Å²) in [7, 11) is 1.77. The molecule has 0 aromatic heterocycles. The van der Waals surface area contributed by atoms with Crippen molar-refractivity contribution in [2.45, 2.75) is 65.5 Å². The van der Waals surface area contributed by atoms with Crippen LogP contribution < -0.4 is 5.73 Å². The Morgan fingerprint density at radius 2 is 1.89 bits per heavy atom. The molecule has 2 N–H and O–H groups in total. The van der Waals surface area contributed by atoms with Gasteiger partial charge in [-0.25, -0.2) is 0 Å². The third-order valence-electron chi connectivity index (χ3n) is 4.05. The molecule has 0 saturated carbocycles. The Bertz CT molecular complexity index is 209. The molecule has 3 heteroatoms. The Balaban J connectivity index is 4.74. The number of nitrogens with two attached hydrogens (primary N) is 1. The molecule has 0 heterocycles. The van der Waals surface area contributed by atoms with Crippen molar-refractivity contribution in [3.05, 3.63) is 0 Å². The molecule has 0 saturated heterocycles. The van der Waals surface area contributed by atoms with Crippen LogP contribution in [0.25, 0.3) is 0 Å². The fourth-order valence-electron chi connectivity index (χ4n) is 2.39. The molecule has 2 unspecified atom stereocenters. The number of hydrogen-bond acceptors (Lipinski definition) is 3. The second kappa shape index (κ2) is 8.89. The molecule has 0 bridgehead atoms. The molecule has 0 radical (unpaired) electrons. The van der Waals surface area contributed by atoms with E-state index in [1.807, 2.05) is 0 Å². The quantitative estimate of drug-likeness (QED) is 0.655. The van der Waals surface area contributed by atoms with Gasteiger partial charge in [-0.3, -0.25) is 4.90 Å². The summed E-state index contributed by atoms with van der Waals surface area (Å²) in [5, 5.41) is 0. The van der Waals surface area contributed by atoms with Crippen LogP contribution in [0.1, 0.15) is 53.9 Å². The molecule has 2 atom stereocenters. The zero-order valence-electron chi connectivity index (χ0n) is 13.3. The lowest BCUT2D eigenvalue weighted by Crippen LogP contribution is -2.56. The number of rotatable bonds is 10. The van der Waals surface area contributed by atoms with E-state index in [2.05, 4.69) is 39.5 Å². The molecule has 0 rings (SSSR count). The van der Waals surface area contributed by atoms with Crippen LogP contribution in [0.5, 0.6) is 0 Å². The zero-order valence-corrected chi connectivity index (χ0v) is 13.3. The first kappa shape index (κ1) is 17.9. The van der Waals surface area contributed by atoms with Crippen LogP contribution in [0.2, 0.25) is 0 Å². The summed E-state index contributed by atoms with van der Waals surface area (Å²) in [5.41, 5.74) is 6.17. The van der Waals surface area contributed by atoms with E-state index in [9.17, 15) is 0 Å². The second-order valence-corrected chi connectivity index (χ2v) is 6.08. The van der Waals surface area contributed by atoms with Gasteiger partial charge in [0.05, 0.1) is 6.61 Å². The largest absolute Gasteiger partial charge is 0.383 e. The number of methoxy groups -OCH3 is 1. The molecular formula is C15H34N2O. The van der Waals surface area contributed by atoms with Gasteiger partial charge in [-0.1, -0.05) is 20.8 Å². The first-order valence-electron chi connectivity index (χ1n) is 7.37. The van der Waals surface area contributed by atoms with Crippen molar-refractivity contribution in [3.8, 4) is 0 Å². The Kier molecular flexibility index (Phi) is 8.83. The number of nitrogens with zero attached hydrogens (tertiary/aromatic N) is 1. The van der Waals surface area contributed by atoms with E-state index in [0.29, 0.717) is 12.6 Å². The predicted octanol–water partition coefficient (Wildman–Crippen LogP) is 2.89. The van der Waals surface area contributed by atoms with E-state index in [4.69, 9.17) is 10.5 Å². The highest BCUT2D eigenvalue weighted by Crippen LogP contribution is 2.25. The van der Waals surface area contributed by atoms with Crippen LogP contribution in [-0.2, 0) is 4.74 Å². The summed E-state index contributed by atoms with van der Waals surface area (Å²) in [6.45, 7) is 13.9. The van der Waals surface area contributed by atoms with E-state index >= 15 is 0 Å². The highest BCUT2D eigenvalue weighted by atomic mass is 16.5. The second-order valence-electron chi connectivity index (χ2n) is 6.08. The van der Waals surface area contributed by atoms with Crippen molar-refractivity contribution < 1.29 is 4.74 Å². The third-order valence-corrected chi connectivity index (χ3v) is 4.05. The van der Waals surface area contributed by atoms with Crippen molar-refractivity contribution in [3.63, 3.8) is 0 Å². The first-order chi connectivity index (χ1) is 8.41. The summed E-state index contributed by atoms with van der Waals surface area (Å²) >= 11 is 0. The highest BCUT2D eigenvalue weighted by Gasteiger charge is 2.32. The minimum Gasteiger partial charge on any atom is -0.383 e. The van der Waals surface area contributed by atoms with Crippen molar-refractivity contribution >= 4 is 0 Å². The molecule has 0 aromatic rings. The molecule has 3 nitrogen and oxygen atoms in total. The topological polar surface area (TPSA) is 38.5 Å². The summed E-state index contributed by atoms with van der Waals surface area (Å²) in [5.74, 6) is 0.733. The van der Waals surface area contributed by atoms with Crippen LogP contribution in [0, 0.1) is 5.92 Å². The van der Waals surface area contributed by atoms with Crippen LogP contribution in [0.4, 0.5) is 0 Å². The van der Waals surface area contributed by atoms with Crippen molar-refractivity contribution in [1.29, 1.82) is 0 Å². The van der Waals surface area contributed by atoms with Gasteiger partial charge in [0.1, 0.15) is 0 Å². The van der Waals surface area contributed by atoms with E-state index in [1.165, 1.54) is 6.42 Å². The monoisotopic (exact) mass is 258 g/mol. The van der Waals surface area contributed by atoms with Crippen LogP contribution in [0.15, 0.2) is 0 Å². The molecular weight excluding hydrogens is 224 g/mol. The summed E-state index contributed by atoms with van der Waals surface area (Å²) < 4.78 is 5.25. The molecule has 0 fully saturated rings. The minimum atomic E-state index is 0.0955. The van der Waals surface area contributed by atoms with Crippen molar-refractivity contribution in [2.75, 3.05) is 26.8 Å². The van der Waals surface area contributed by atoms with Gasteiger partial charge in [0.2, 0.25) is 0 Å². The maximum atomic E-state index is 6.08. The number of ether oxygens (including phenoxy) is 1. The molecule has 110 valence electrons. The maximum absolute atomic E-state index is 6.08. The van der Waals surface area contributed by atoms with Gasteiger partial charge in [0.15, 0.2) is 0 Å². The third kappa shape index (κ3) is 5.68. The molecule has 0 amide bonds. The summed E-state index contributed by atoms with van der Waals surface area (Å²) in [6, 6.07) is 0.556. The predicted molar refractivity (Wildman–Crippen MR) is 79.9 cm³/mol. The average Bonchev–Trinajstić information content (AvgIpc) is 2.36. The highest BCUT2D eigenvalue weighted by molar-refractivity contribution is 4.90. The minimum absolute atomic E-state index is 0.0955. The van der Waals surface area contributed by atoms with Gasteiger partial charge in [0, 0.05) is 31.8 Å². The van der Waals surface area contributed by atoms with E-state index in [1.54, 1.807) is 7.11 Å². The molecule has 0 aliphatic rings. The summed E-state index contributed by atoms with van der Waals surface area (Å²) in [4.78, 5) is 2.54. The molecule has 0 aliphatic heterocycles. The van der Waals surface area contributed by atoms with Gasteiger partial charge in [0.25, 0.3) is 0 Å². The van der Waals surface area contributed by atoms with Gasteiger partial charge >= 0.3 is 0 Å². The van der Waals surface area contributed by atoms with E-state index in [-0.39, 0.29) is 5.54 Å². The average molecular weight is 258 g/mol. The maximum Gasteiger partial charge on any atom is 0.0590 e. The Morgan fingerprint density at radius 3 is 2.28 bits per heavy atom. The SMILES string of the molecule is CCC(C)N(CCOC)C(C)(CN)CCC(C)C. The lowest BCUT2D eigenvalue weighted by molar-refractivity contribution is 0.0294. The molecule has 0 spiro atoms. The van der Waals surface area contributed by atoms with Gasteiger partial charge in [-0.15, -0.1) is 0 Å². The lowest BCUT2D eigenvalue weighted by Gasteiger charge is -2.44. The van der Waals surface area contributed by atoms with Gasteiger partial charge < -0.3 is 10.5 Å². The van der Waals surface area contributed by atoms with Gasteiger partial charge in [-0.05, 0) is 39.0 Å². The van der Waals surface area contributed by atoms with Crippen LogP contribution >= 0.6 is 0 Å². The first-order valence-corrected chi connectivity index (χ1v) is 7.37.